The lowest BCUT2D eigenvalue weighted by atomic mass is 10.2. The number of sulfonamides is 1. The van der Waals surface area contributed by atoms with E-state index < -0.39 is 15.9 Å². The van der Waals surface area contributed by atoms with Gasteiger partial charge in [0.2, 0.25) is 10.0 Å². The Kier molecular flexibility index (Phi) is 4.20. The summed E-state index contributed by atoms with van der Waals surface area (Å²) in [5.41, 5.74) is 0.646. The molecular weight excluding hydrogens is 296 g/mol. The molecule has 1 amide bonds. The minimum absolute atomic E-state index is 0.201. The van der Waals surface area contributed by atoms with Crippen LogP contribution < -0.4 is 0 Å². The second-order valence-electron chi connectivity index (χ2n) is 4.26. The van der Waals surface area contributed by atoms with Gasteiger partial charge in [-0.1, -0.05) is 30.3 Å². The highest BCUT2D eigenvalue weighted by Crippen LogP contribution is 2.17. The number of rotatable bonds is 4. The Bertz CT molecular complexity index is 708. The van der Waals surface area contributed by atoms with Crippen LogP contribution in [-0.2, 0) is 15.8 Å². The Balaban J connectivity index is 2.19. The van der Waals surface area contributed by atoms with Gasteiger partial charge >= 0.3 is 0 Å². The lowest BCUT2D eigenvalue weighted by Crippen LogP contribution is -2.33. The van der Waals surface area contributed by atoms with Gasteiger partial charge in [-0.05, 0) is 12.5 Å². The lowest BCUT2D eigenvalue weighted by molar-refractivity contribution is 0.0887. The van der Waals surface area contributed by atoms with E-state index in [2.05, 4.69) is 4.98 Å². The Morgan fingerprint density at radius 1 is 1.30 bits per heavy atom. The maximum atomic E-state index is 12.2. The molecule has 0 unspecified atom stereocenters. The first-order valence-corrected chi connectivity index (χ1v) is 8.30. The number of amides is 1. The van der Waals surface area contributed by atoms with Gasteiger partial charge < -0.3 is 0 Å². The van der Waals surface area contributed by atoms with Crippen LogP contribution in [0.3, 0.4) is 0 Å². The highest BCUT2D eigenvalue weighted by atomic mass is 32.2. The molecule has 0 fully saturated rings. The maximum Gasteiger partial charge on any atom is 0.278 e. The minimum Gasteiger partial charge on any atom is -0.267 e. The van der Waals surface area contributed by atoms with Gasteiger partial charge in [0.25, 0.3) is 5.91 Å². The fourth-order valence-electron chi connectivity index (χ4n) is 1.62. The van der Waals surface area contributed by atoms with Gasteiger partial charge in [0, 0.05) is 7.05 Å². The zero-order valence-electron chi connectivity index (χ0n) is 11.1. The van der Waals surface area contributed by atoms with Gasteiger partial charge in [-0.2, -0.15) is 0 Å². The van der Waals surface area contributed by atoms with Crippen LogP contribution in [0.1, 0.15) is 20.2 Å². The van der Waals surface area contributed by atoms with Crippen molar-refractivity contribution in [3.05, 3.63) is 52.0 Å². The van der Waals surface area contributed by atoms with Gasteiger partial charge in [-0.3, -0.25) is 4.79 Å². The number of aromatic nitrogens is 1. The number of hydrogen-bond donors (Lipinski definition) is 0. The average molecular weight is 310 g/mol. The highest BCUT2D eigenvalue weighted by molar-refractivity contribution is 7.88. The third-order valence-electron chi connectivity index (χ3n) is 2.73. The first-order valence-electron chi connectivity index (χ1n) is 5.87. The first kappa shape index (κ1) is 14.7. The number of carbonyl (C=O) groups excluding carboxylic acids is 1. The average Bonchev–Trinajstić information content (AvgIpc) is 2.84. The van der Waals surface area contributed by atoms with E-state index in [4.69, 9.17) is 0 Å². The SMILES string of the molecule is Cc1ncc(C(=O)N(C)S(=O)(=O)Cc2ccccc2)s1. The standard InChI is InChI=1S/C13H14N2O3S2/c1-10-14-8-12(19-10)13(16)15(2)20(17,18)9-11-6-4-3-5-7-11/h3-8H,9H2,1-2H3. The molecule has 106 valence electrons. The van der Waals surface area contributed by atoms with E-state index in [1.165, 1.54) is 24.6 Å². The zero-order valence-corrected chi connectivity index (χ0v) is 12.7. The summed E-state index contributed by atoms with van der Waals surface area (Å²) in [6, 6.07) is 8.77. The normalized spacial score (nSPS) is 11.3. The van der Waals surface area contributed by atoms with E-state index in [0.29, 0.717) is 10.4 Å². The molecule has 0 aliphatic rings. The Hall–Kier alpha value is -1.73. The fourth-order valence-corrected chi connectivity index (χ4v) is 3.59. The summed E-state index contributed by atoms with van der Waals surface area (Å²) in [5.74, 6) is -0.750. The van der Waals surface area contributed by atoms with Crippen molar-refractivity contribution in [2.75, 3.05) is 7.05 Å². The smallest absolute Gasteiger partial charge is 0.267 e. The Morgan fingerprint density at radius 2 is 1.95 bits per heavy atom. The number of benzene rings is 1. The van der Waals surface area contributed by atoms with Crippen molar-refractivity contribution in [1.82, 2.24) is 9.29 Å². The highest BCUT2D eigenvalue weighted by Gasteiger charge is 2.25. The molecule has 0 saturated heterocycles. The molecule has 2 aromatic rings. The third kappa shape index (κ3) is 3.23. The van der Waals surface area contributed by atoms with Crippen LogP contribution in [0.4, 0.5) is 0 Å². The fraction of sp³-hybridized carbons (Fsp3) is 0.231. The molecule has 1 aromatic carbocycles. The zero-order chi connectivity index (χ0) is 14.8. The number of nitrogens with zero attached hydrogens (tertiary/aromatic N) is 2. The molecule has 0 saturated carbocycles. The second-order valence-corrected chi connectivity index (χ2v) is 7.49. The largest absolute Gasteiger partial charge is 0.278 e. The van der Waals surface area contributed by atoms with Gasteiger partial charge in [-0.25, -0.2) is 17.7 Å². The summed E-state index contributed by atoms with van der Waals surface area (Å²) in [6.45, 7) is 1.76. The predicted molar refractivity (Wildman–Crippen MR) is 78.0 cm³/mol. The molecule has 5 nitrogen and oxygen atoms in total. The van der Waals surface area contributed by atoms with E-state index in [-0.39, 0.29) is 5.75 Å². The molecule has 1 heterocycles. The van der Waals surface area contributed by atoms with Crippen molar-refractivity contribution in [3.8, 4) is 0 Å². The number of thiazole rings is 1. The molecule has 7 heteroatoms. The molecule has 0 spiro atoms. The quantitative estimate of drug-likeness (QED) is 0.867. The molecular formula is C13H14N2O3S2. The van der Waals surface area contributed by atoms with E-state index in [0.717, 1.165) is 9.31 Å². The molecule has 0 bridgehead atoms. The lowest BCUT2D eigenvalue weighted by Gasteiger charge is -2.16. The number of carbonyl (C=O) groups is 1. The number of aryl methyl sites for hydroxylation is 1. The van der Waals surface area contributed by atoms with Crippen molar-refractivity contribution in [1.29, 1.82) is 0 Å². The molecule has 2 rings (SSSR count). The van der Waals surface area contributed by atoms with Crippen LogP contribution in [0.5, 0.6) is 0 Å². The van der Waals surface area contributed by atoms with Crippen molar-refractivity contribution >= 4 is 27.3 Å². The van der Waals surface area contributed by atoms with Crippen LogP contribution in [0, 0.1) is 6.92 Å². The molecule has 20 heavy (non-hydrogen) atoms. The van der Waals surface area contributed by atoms with Crippen LogP contribution in [-0.4, -0.2) is 30.7 Å². The molecule has 0 N–H and O–H groups in total. The van der Waals surface area contributed by atoms with E-state index >= 15 is 0 Å². The maximum absolute atomic E-state index is 12.2. The first-order chi connectivity index (χ1) is 9.40. The molecule has 0 atom stereocenters. The van der Waals surface area contributed by atoms with E-state index in [1.54, 1.807) is 31.2 Å². The van der Waals surface area contributed by atoms with Gasteiger partial charge in [-0.15, -0.1) is 11.3 Å². The summed E-state index contributed by atoms with van der Waals surface area (Å²) in [5, 5.41) is 0.724. The van der Waals surface area contributed by atoms with Crippen LogP contribution in [0.25, 0.3) is 0 Å². The van der Waals surface area contributed by atoms with Gasteiger partial charge in [0.1, 0.15) is 4.88 Å². The Labute approximate surface area is 121 Å². The minimum atomic E-state index is -3.69. The topological polar surface area (TPSA) is 67.3 Å². The van der Waals surface area contributed by atoms with Crippen molar-refractivity contribution < 1.29 is 13.2 Å². The van der Waals surface area contributed by atoms with Gasteiger partial charge in [0.05, 0.1) is 17.0 Å². The van der Waals surface area contributed by atoms with Crippen molar-refractivity contribution in [3.63, 3.8) is 0 Å². The van der Waals surface area contributed by atoms with Crippen LogP contribution >= 0.6 is 11.3 Å². The van der Waals surface area contributed by atoms with E-state index in [9.17, 15) is 13.2 Å². The monoisotopic (exact) mass is 310 g/mol. The molecule has 0 aliphatic carbocycles. The molecule has 0 aliphatic heterocycles. The second kappa shape index (κ2) is 5.72. The summed E-state index contributed by atoms with van der Waals surface area (Å²) >= 11 is 1.18. The van der Waals surface area contributed by atoms with Crippen LogP contribution in [0.2, 0.25) is 0 Å². The van der Waals surface area contributed by atoms with Crippen molar-refractivity contribution in [2.45, 2.75) is 12.7 Å². The summed E-state index contributed by atoms with van der Waals surface area (Å²) in [4.78, 5) is 16.4. The summed E-state index contributed by atoms with van der Waals surface area (Å²) < 4.78 is 25.2. The molecule has 1 aromatic heterocycles. The number of hydrogen-bond acceptors (Lipinski definition) is 5. The van der Waals surface area contributed by atoms with Gasteiger partial charge in [0.15, 0.2) is 0 Å². The van der Waals surface area contributed by atoms with E-state index in [1.807, 2.05) is 6.07 Å². The predicted octanol–water partition coefficient (Wildman–Crippen LogP) is 2.05. The summed E-state index contributed by atoms with van der Waals surface area (Å²) in [6.07, 6.45) is 1.40. The summed E-state index contributed by atoms with van der Waals surface area (Å²) in [7, 11) is -2.42. The molecule has 0 radical (unpaired) electrons. The van der Waals surface area contributed by atoms with Crippen molar-refractivity contribution in [2.24, 2.45) is 0 Å². The van der Waals surface area contributed by atoms with Crippen LogP contribution in [0.15, 0.2) is 36.5 Å². The Morgan fingerprint density at radius 3 is 2.50 bits per heavy atom. The third-order valence-corrected chi connectivity index (χ3v) is 5.33.